The summed E-state index contributed by atoms with van der Waals surface area (Å²) in [5.41, 5.74) is 2.47. The van der Waals surface area contributed by atoms with Crippen molar-refractivity contribution in [3.8, 4) is 0 Å². The average molecular weight is 428 g/mol. The van der Waals surface area contributed by atoms with Crippen LogP contribution in [-0.2, 0) is 17.8 Å². The number of aromatic nitrogens is 5. The molecule has 2 aromatic heterocycles. The molecule has 4 aromatic rings. The molecule has 0 unspecified atom stereocenters. The monoisotopic (exact) mass is 428 g/mol. The Hall–Kier alpha value is -3.81. The van der Waals surface area contributed by atoms with Crippen molar-refractivity contribution >= 4 is 17.1 Å². The largest absolute Gasteiger partial charge is 0.342 e. The van der Waals surface area contributed by atoms with Gasteiger partial charge < -0.3 is 9.88 Å². The quantitative estimate of drug-likeness (QED) is 0.527. The van der Waals surface area contributed by atoms with Crippen molar-refractivity contribution in [2.75, 3.05) is 13.1 Å². The molecule has 5 rings (SSSR count). The maximum absolute atomic E-state index is 12.8. The van der Waals surface area contributed by atoms with Gasteiger partial charge in [-0.15, -0.1) is 5.10 Å². The number of hydrogen-bond acceptors (Lipinski definition) is 5. The van der Waals surface area contributed by atoms with E-state index in [9.17, 15) is 9.59 Å². The van der Waals surface area contributed by atoms with Crippen LogP contribution in [0.15, 0.2) is 65.5 Å². The summed E-state index contributed by atoms with van der Waals surface area (Å²) in [6, 6.07) is 19.6. The summed E-state index contributed by atoms with van der Waals surface area (Å²) in [5, 5.41) is 8.18. The number of nitrogens with one attached hydrogen (secondary N) is 1. The highest BCUT2D eigenvalue weighted by molar-refractivity contribution is 5.79. The van der Waals surface area contributed by atoms with Gasteiger partial charge in [0, 0.05) is 19.0 Å². The Balaban J connectivity index is 1.38. The lowest BCUT2D eigenvalue weighted by Gasteiger charge is -2.32. The first-order valence-electron chi connectivity index (χ1n) is 10.9. The maximum Gasteiger partial charge on any atom is 0.281 e. The zero-order valence-electron chi connectivity index (χ0n) is 17.6. The molecule has 0 spiro atoms. The third-order valence-corrected chi connectivity index (χ3v) is 5.93. The summed E-state index contributed by atoms with van der Waals surface area (Å²) in [5.74, 6) is 0.664. The van der Waals surface area contributed by atoms with Crippen LogP contribution in [0.4, 0.5) is 0 Å². The summed E-state index contributed by atoms with van der Waals surface area (Å²) in [6.45, 7) is 1.75. The van der Waals surface area contributed by atoms with E-state index in [1.54, 1.807) is 4.68 Å². The summed E-state index contributed by atoms with van der Waals surface area (Å²) in [7, 11) is 0. The number of aromatic amines is 1. The Morgan fingerprint density at radius 1 is 1.03 bits per heavy atom. The van der Waals surface area contributed by atoms with E-state index in [1.165, 1.54) is 0 Å². The number of carbonyl (C=O) groups excluding carboxylic acids is 1. The molecular formula is C24H24N6O2. The molecule has 3 heterocycles. The van der Waals surface area contributed by atoms with Crippen molar-refractivity contribution in [1.82, 2.24) is 29.9 Å². The predicted octanol–water partition coefficient (Wildman–Crippen LogP) is 2.51. The number of H-pyrrole nitrogens is 1. The number of hydrogen-bond donors (Lipinski definition) is 1. The van der Waals surface area contributed by atoms with Crippen LogP contribution in [0.25, 0.3) is 11.2 Å². The van der Waals surface area contributed by atoms with Gasteiger partial charge in [0.25, 0.3) is 5.56 Å². The molecule has 1 saturated heterocycles. The van der Waals surface area contributed by atoms with Gasteiger partial charge in [0.15, 0.2) is 11.2 Å². The number of benzene rings is 2. The first kappa shape index (κ1) is 20.1. The molecule has 1 aliphatic rings. The van der Waals surface area contributed by atoms with E-state index in [0.717, 1.165) is 30.5 Å². The Morgan fingerprint density at radius 3 is 2.50 bits per heavy atom. The summed E-state index contributed by atoms with van der Waals surface area (Å²) >= 11 is 0. The fourth-order valence-corrected chi connectivity index (χ4v) is 4.25. The molecule has 32 heavy (non-hydrogen) atoms. The topological polar surface area (TPSA) is 96.8 Å². The Labute approximate surface area is 184 Å². The number of amides is 1. The fourth-order valence-electron chi connectivity index (χ4n) is 4.25. The second kappa shape index (κ2) is 8.74. The predicted molar refractivity (Wildman–Crippen MR) is 120 cm³/mol. The smallest absolute Gasteiger partial charge is 0.281 e. The molecule has 8 nitrogen and oxygen atoms in total. The third-order valence-electron chi connectivity index (χ3n) is 5.93. The molecule has 1 atom stereocenters. The van der Waals surface area contributed by atoms with E-state index in [-0.39, 0.29) is 22.9 Å². The lowest BCUT2D eigenvalue weighted by atomic mass is 9.96. The summed E-state index contributed by atoms with van der Waals surface area (Å²) in [6.07, 6.45) is 2.11. The lowest BCUT2D eigenvalue weighted by molar-refractivity contribution is -0.131. The molecule has 0 bridgehead atoms. The number of likely N-dealkylation sites (tertiary alicyclic amines) is 1. The molecule has 0 aliphatic carbocycles. The maximum atomic E-state index is 12.8. The van der Waals surface area contributed by atoms with Gasteiger partial charge in [0.2, 0.25) is 5.91 Å². The van der Waals surface area contributed by atoms with Gasteiger partial charge in [-0.2, -0.15) is 0 Å². The van der Waals surface area contributed by atoms with Gasteiger partial charge in [-0.1, -0.05) is 65.9 Å². The van der Waals surface area contributed by atoms with Gasteiger partial charge in [-0.25, -0.2) is 9.67 Å². The summed E-state index contributed by atoms with van der Waals surface area (Å²) < 4.78 is 1.66. The van der Waals surface area contributed by atoms with Crippen LogP contribution in [0.2, 0.25) is 0 Å². The second-order valence-corrected chi connectivity index (χ2v) is 8.20. The summed E-state index contributed by atoms with van der Waals surface area (Å²) in [4.78, 5) is 35.0. The van der Waals surface area contributed by atoms with Crippen molar-refractivity contribution < 1.29 is 4.79 Å². The standard InChI is InChI=1S/C24H24N6O2/c31-20(14-17-8-3-1-4-9-17)29-13-7-12-19(16-29)22-25-23-21(24(32)26-22)27-28-30(23)15-18-10-5-2-6-11-18/h1-6,8-11,19H,7,12-16H2,(H,25,26,32)/t19-/m1/s1. The van der Waals surface area contributed by atoms with Crippen molar-refractivity contribution in [2.24, 2.45) is 0 Å². The zero-order valence-corrected chi connectivity index (χ0v) is 17.6. The zero-order chi connectivity index (χ0) is 21.9. The van der Waals surface area contributed by atoms with Crippen LogP contribution in [0.3, 0.4) is 0 Å². The van der Waals surface area contributed by atoms with Crippen LogP contribution >= 0.6 is 0 Å². The first-order valence-corrected chi connectivity index (χ1v) is 10.9. The van der Waals surface area contributed by atoms with E-state index < -0.39 is 0 Å². The molecule has 162 valence electrons. The average Bonchev–Trinajstić information content (AvgIpc) is 3.23. The molecule has 1 fully saturated rings. The number of fused-ring (bicyclic) bond motifs is 1. The highest BCUT2D eigenvalue weighted by Crippen LogP contribution is 2.25. The number of piperidine rings is 1. The number of carbonyl (C=O) groups is 1. The van der Waals surface area contributed by atoms with Crippen LogP contribution in [-0.4, -0.2) is 48.9 Å². The molecule has 0 radical (unpaired) electrons. The van der Waals surface area contributed by atoms with Crippen LogP contribution in [0.1, 0.15) is 35.7 Å². The van der Waals surface area contributed by atoms with Gasteiger partial charge in [0.05, 0.1) is 13.0 Å². The highest BCUT2D eigenvalue weighted by Gasteiger charge is 2.27. The lowest BCUT2D eigenvalue weighted by Crippen LogP contribution is -2.40. The fraction of sp³-hybridized carbons (Fsp3) is 0.292. The van der Waals surface area contributed by atoms with Gasteiger partial charge >= 0.3 is 0 Å². The van der Waals surface area contributed by atoms with E-state index in [2.05, 4.69) is 15.3 Å². The Morgan fingerprint density at radius 2 is 1.75 bits per heavy atom. The van der Waals surface area contributed by atoms with Crippen molar-refractivity contribution in [3.05, 3.63) is 88.0 Å². The van der Waals surface area contributed by atoms with E-state index in [4.69, 9.17) is 4.98 Å². The minimum absolute atomic E-state index is 0.0272. The highest BCUT2D eigenvalue weighted by atomic mass is 16.2. The van der Waals surface area contributed by atoms with E-state index in [1.807, 2.05) is 65.6 Å². The van der Waals surface area contributed by atoms with Crippen molar-refractivity contribution in [2.45, 2.75) is 31.7 Å². The van der Waals surface area contributed by atoms with Gasteiger partial charge in [0.1, 0.15) is 5.82 Å². The molecule has 0 saturated carbocycles. The van der Waals surface area contributed by atoms with Crippen molar-refractivity contribution in [3.63, 3.8) is 0 Å². The van der Waals surface area contributed by atoms with Crippen LogP contribution in [0, 0.1) is 0 Å². The SMILES string of the molecule is O=C(Cc1ccccc1)N1CCC[C@@H](c2nc3c(nnn3Cc3ccccc3)c(=O)[nH]2)C1. The molecule has 1 N–H and O–H groups in total. The second-order valence-electron chi connectivity index (χ2n) is 8.20. The molecule has 1 aliphatic heterocycles. The van der Waals surface area contributed by atoms with E-state index in [0.29, 0.717) is 31.0 Å². The first-order chi connectivity index (χ1) is 15.7. The molecule has 8 heteroatoms. The number of rotatable bonds is 5. The third kappa shape index (κ3) is 4.16. The normalized spacial score (nSPS) is 16.4. The van der Waals surface area contributed by atoms with E-state index >= 15 is 0 Å². The number of nitrogens with zero attached hydrogens (tertiary/aromatic N) is 5. The minimum Gasteiger partial charge on any atom is -0.342 e. The molecular weight excluding hydrogens is 404 g/mol. The van der Waals surface area contributed by atoms with Gasteiger partial charge in [-0.3, -0.25) is 9.59 Å². The Bertz CT molecular complexity index is 1280. The van der Waals surface area contributed by atoms with Crippen molar-refractivity contribution in [1.29, 1.82) is 0 Å². The van der Waals surface area contributed by atoms with Crippen LogP contribution in [0.5, 0.6) is 0 Å². The molecule has 2 aromatic carbocycles. The minimum atomic E-state index is -0.294. The van der Waals surface area contributed by atoms with Crippen LogP contribution < -0.4 is 5.56 Å². The Kier molecular flexibility index (Phi) is 5.49. The van der Waals surface area contributed by atoms with Gasteiger partial charge in [-0.05, 0) is 24.0 Å². The molecule has 1 amide bonds.